The SMILES string of the molecule is CCC(=O)N1c2ccccc2NC2=C(C(=O)C[C@H](c3ccc(C)cc3)C2)[C@@H]1c1ccc(OCc2ccccc2)cc1. The molecule has 0 bridgehead atoms. The summed E-state index contributed by atoms with van der Waals surface area (Å²) in [6, 6.07) is 33.6. The van der Waals surface area contributed by atoms with Crippen molar-refractivity contribution in [1.82, 2.24) is 0 Å². The summed E-state index contributed by atoms with van der Waals surface area (Å²) in [5.41, 5.74) is 7.51. The molecule has 0 saturated heterocycles. The summed E-state index contributed by atoms with van der Waals surface area (Å²) < 4.78 is 6.04. The van der Waals surface area contributed by atoms with Crippen LogP contribution in [-0.4, -0.2) is 11.7 Å². The average Bonchev–Trinajstić information content (AvgIpc) is 3.15. The number of fused-ring (bicyclic) bond motifs is 1. The Labute approximate surface area is 241 Å². The smallest absolute Gasteiger partial charge is 0.227 e. The maximum atomic E-state index is 14.1. The molecule has 0 unspecified atom stereocenters. The summed E-state index contributed by atoms with van der Waals surface area (Å²) in [6.45, 7) is 4.41. The minimum atomic E-state index is -0.539. The molecule has 4 aromatic carbocycles. The Morgan fingerprint density at radius 2 is 1.54 bits per heavy atom. The Hall–Kier alpha value is -4.64. The van der Waals surface area contributed by atoms with Crippen LogP contribution in [0.4, 0.5) is 11.4 Å². The minimum absolute atomic E-state index is 0.0316. The highest BCUT2D eigenvalue weighted by Gasteiger charge is 2.41. The average molecular weight is 543 g/mol. The molecule has 1 N–H and O–H groups in total. The van der Waals surface area contributed by atoms with E-state index >= 15 is 0 Å². The summed E-state index contributed by atoms with van der Waals surface area (Å²) in [5.74, 6) is 0.849. The van der Waals surface area contributed by atoms with Gasteiger partial charge in [-0.25, -0.2) is 0 Å². The van der Waals surface area contributed by atoms with Crippen molar-refractivity contribution in [3.63, 3.8) is 0 Å². The summed E-state index contributed by atoms with van der Waals surface area (Å²) in [6.07, 6.45) is 1.43. The standard InChI is InChI=1S/C36H34N2O3/c1-3-34(40)38-32-12-8-7-11-30(32)37-31-21-28(26-15-13-24(2)14-16-26)22-33(39)35(31)36(38)27-17-19-29(20-18-27)41-23-25-9-5-4-6-10-25/h4-20,28,36-37H,3,21-23H2,1-2H3/t28-,36+/m1/s1. The van der Waals surface area contributed by atoms with E-state index in [1.54, 1.807) is 0 Å². The molecular weight excluding hydrogens is 508 g/mol. The fourth-order valence-electron chi connectivity index (χ4n) is 5.91. The Bertz CT molecular complexity index is 1590. The number of nitrogens with one attached hydrogen (secondary N) is 1. The molecule has 1 aliphatic heterocycles. The number of Topliss-reactive ketones (excluding diaryl/α,β-unsaturated/α-hetero) is 1. The lowest BCUT2D eigenvalue weighted by molar-refractivity contribution is -0.119. The van der Waals surface area contributed by atoms with Crippen molar-refractivity contribution in [3.05, 3.63) is 137 Å². The van der Waals surface area contributed by atoms with Gasteiger partial charge in [0.2, 0.25) is 5.91 Å². The molecular formula is C36H34N2O3. The number of hydrogen-bond donors (Lipinski definition) is 1. The number of aryl methyl sites for hydroxylation is 1. The highest BCUT2D eigenvalue weighted by atomic mass is 16.5. The molecule has 2 atom stereocenters. The van der Waals surface area contributed by atoms with Gasteiger partial charge in [0.1, 0.15) is 12.4 Å². The largest absolute Gasteiger partial charge is 0.489 e. The molecule has 0 saturated carbocycles. The fourth-order valence-corrected chi connectivity index (χ4v) is 5.91. The summed E-state index contributed by atoms with van der Waals surface area (Å²) in [5, 5.41) is 3.60. The van der Waals surface area contributed by atoms with Gasteiger partial charge in [-0.15, -0.1) is 0 Å². The third kappa shape index (κ3) is 5.40. The van der Waals surface area contributed by atoms with Gasteiger partial charge in [-0.05, 0) is 60.2 Å². The van der Waals surface area contributed by atoms with Crippen molar-refractivity contribution in [2.75, 3.05) is 10.2 Å². The van der Waals surface area contributed by atoms with E-state index in [1.165, 1.54) is 5.56 Å². The van der Waals surface area contributed by atoms with Crippen LogP contribution in [0.15, 0.2) is 114 Å². The number of nitrogens with zero attached hydrogens (tertiary/aromatic N) is 1. The van der Waals surface area contributed by atoms with Gasteiger partial charge in [-0.1, -0.05) is 91.3 Å². The molecule has 1 amide bonds. The normalized spacial score (nSPS) is 18.2. The second-order valence-electron chi connectivity index (χ2n) is 10.8. The minimum Gasteiger partial charge on any atom is -0.489 e. The van der Waals surface area contributed by atoms with Crippen molar-refractivity contribution in [3.8, 4) is 5.75 Å². The van der Waals surface area contributed by atoms with Crippen LogP contribution in [0, 0.1) is 6.92 Å². The highest BCUT2D eigenvalue weighted by molar-refractivity contribution is 6.06. The molecule has 4 aromatic rings. The van der Waals surface area contributed by atoms with Crippen LogP contribution in [0.3, 0.4) is 0 Å². The molecule has 41 heavy (non-hydrogen) atoms. The molecule has 6 rings (SSSR count). The number of benzene rings is 4. The van der Waals surface area contributed by atoms with Gasteiger partial charge in [-0.3, -0.25) is 14.5 Å². The molecule has 5 nitrogen and oxygen atoms in total. The van der Waals surface area contributed by atoms with Gasteiger partial charge >= 0.3 is 0 Å². The van der Waals surface area contributed by atoms with E-state index in [9.17, 15) is 9.59 Å². The van der Waals surface area contributed by atoms with E-state index in [0.717, 1.165) is 39.5 Å². The number of ketones is 1. The first-order valence-electron chi connectivity index (χ1n) is 14.3. The number of allylic oxidation sites excluding steroid dienone is 1. The van der Waals surface area contributed by atoms with Crippen molar-refractivity contribution < 1.29 is 14.3 Å². The van der Waals surface area contributed by atoms with E-state index in [-0.39, 0.29) is 17.6 Å². The van der Waals surface area contributed by atoms with Crippen molar-refractivity contribution in [2.45, 2.75) is 51.7 Å². The van der Waals surface area contributed by atoms with Crippen molar-refractivity contribution in [1.29, 1.82) is 0 Å². The number of carbonyl (C=O) groups is 2. The number of anilines is 2. The molecule has 0 fully saturated rings. The van der Waals surface area contributed by atoms with Crippen LogP contribution in [0.1, 0.15) is 60.4 Å². The van der Waals surface area contributed by atoms with Gasteiger partial charge in [0.15, 0.2) is 5.78 Å². The van der Waals surface area contributed by atoms with E-state index < -0.39 is 6.04 Å². The van der Waals surface area contributed by atoms with E-state index in [2.05, 4.69) is 36.5 Å². The number of amides is 1. The van der Waals surface area contributed by atoms with E-state index in [0.29, 0.717) is 31.4 Å². The van der Waals surface area contributed by atoms with Crippen LogP contribution in [0.2, 0.25) is 0 Å². The number of rotatable bonds is 6. The first kappa shape index (κ1) is 26.6. The maximum absolute atomic E-state index is 14.1. The number of hydrogen-bond acceptors (Lipinski definition) is 4. The molecule has 1 heterocycles. The number of carbonyl (C=O) groups excluding carboxylic acids is 2. The van der Waals surface area contributed by atoms with Crippen molar-refractivity contribution >= 4 is 23.1 Å². The number of para-hydroxylation sites is 2. The molecule has 5 heteroatoms. The van der Waals surface area contributed by atoms with Crippen LogP contribution in [0.5, 0.6) is 5.75 Å². The monoisotopic (exact) mass is 542 g/mol. The summed E-state index contributed by atoms with van der Waals surface area (Å²) in [4.78, 5) is 29.5. The lowest BCUT2D eigenvalue weighted by Crippen LogP contribution is -2.38. The van der Waals surface area contributed by atoms with Gasteiger partial charge in [0, 0.05) is 24.1 Å². The zero-order valence-electron chi connectivity index (χ0n) is 23.5. The van der Waals surface area contributed by atoms with E-state index in [4.69, 9.17) is 4.74 Å². The Morgan fingerprint density at radius 1 is 0.854 bits per heavy atom. The van der Waals surface area contributed by atoms with Crippen LogP contribution in [0.25, 0.3) is 0 Å². The lowest BCUT2D eigenvalue weighted by atomic mass is 9.78. The van der Waals surface area contributed by atoms with Crippen molar-refractivity contribution in [2.24, 2.45) is 0 Å². The molecule has 0 radical (unpaired) electrons. The Kier molecular flexibility index (Phi) is 7.43. The summed E-state index contributed by atoms with van der Waals surface area (Å²) >= 11 is 0. The summed E-state index contributed by atoms with van der Waals surface area (Å²) in [7, 11) is 0. The van der Waals surface area contributed by atoms with Crippen LogP contribution < -0.4 is 15.0 Å². The zero-order valence-corrected chi connectivity index (χ0v) is 23.5. The Balaban J connectivity index is 1.41. The second kappa shape index (κ2) is 11.5. The first-order valence-corrected chi connectivity index (χ1v) is 14.3. The third-order valence-electron chi connectivity index (χ3n) is 8.05. The van der Waals surface area contributed by atoms with Crippen LogP contribution in [-0.2, 0) is 16.2 Å². The maximum Gasteiger partial charge on any atom is 0.227 e. The van der Waals surface area contributed by atoms with Gasteiger partial charge in [0.05, 0.1) is 17.4 Å². The third-order valence-corrected chi connectivity index (χ3v) is 8.05. The van der Waals surface area contributed by atoms with E-state index in [1.807, 2.05) is 90.7 Å². The second-order valence-corrected chi connectivity index (χ2v) is 10.8. The molecule has 1 aliphatic carbocycles. The molecule has 0 aromatic heterocycles. The van der Waals surface area contributed by atoms with Gasteiger partial charge in [-0.2, -0.15) is 0 Å². The topological polar surface area (TPSA) is 58.6 Å². The molecule has 2 aliphatic rings. The fraction of sp³-hybridized carbons (Fsp3) is 0.222. The number of ether oxygens (including phenoxy) is 1. The predicted molar refractivity (Wildman–Crippen MR) is 163 cm³/mol. The predicted octanol–water partition coefficient (Wildman–Crippen LogP) is 7.88. The molecule has 0 spiro atoms. The zero-order chi connectivity index (χ0) is 28.3. The van der Waals surface area contributed by atoms with Gasteiger partial charge in [0.25, 0.3) is 0 Å². The molecule has 206 valence electrons. The van der Waals surface area contributed by atoms with Crippen LogP contribution >= 0.6 is 0 Å². The lowest BCUT2D eigenvalue weighted by Gasteiger charge is -2.35. The highest BCUT2D eigenvalue weighted by Crippen LogP contribution is 2.47. The quantitative estimate of drug-likeness (QED) is 0.269. The van der Waals surface area contributed by atoms with Gasteiger partial charge < -0.3 is 10.1 Å². The Morgan fingerprint density at radius 3 is 2.27 bits per heavy atom. The first-order chi connectivity index (χ1) is 20.0.